The molecule has 5 heteroatoms. The van der Waals surface area contributed by atoms with Gasteiger partial charge in [0.05, 0.1) is 14.2 Å². The summed E-state index contributed by atoms with van der Waals surface area (Å²) in [7, 11) is 4.93. The van der Waals surface area contributed by atoms with Gasteiger partial charge in [0.25, 0.3) is 5.91 Å². The van der Waals surface area contributed by atoms with E-state index < -0.39 is 0 Å². The van der Waals surface area contributed by atoms with Gasteiger partial charge in [-0.3, -0.25) is 4.79 Å². The normalized spacial score (nSPS) is 10.3. The van der Waals surface area contributed by atoms with Crippen molar-refractivity contribution in [1.82, 2.24) is 0 Å². The third kappa shape index (κ3) is 4.28. The maximum atomic E-state index is 12.8. The van der Waals surface area contributed by atoms with Crippen LogP contribution in [0.3, 0.4) is 0 Å². The van der Waals surface area contributed by atoms with Gasteiger partial charge in [0, 0.05) is 43.1 Å². The minimum Gasteiger partial charge on any atom is -0.493 e. The molecule has 0 bridgehead atoms. The van der Waals surface area contributed by atoms with Crippen molar-refractivity contribution in [2.75, 3.05) is 44.2 Å². The number of rotatable bonds is 8. The van der Waals surface area contributed by atoms with Crippen molar-refractivity contribution in [3.63, 3.8) is 0 Å². The van der Waals surface area contributed by atoms with Crippen LogP contribution in [-0.4, -0.2) is 40.3 Å². The zero-order valence-corrected chi connectivity index (χ0v) is 16.3. The molecule has 0 saturated carbocycles. The molecule has 0 aliphatic rings. The number of carbonyl (C=O) groups is 1. The smallest absolute Gasteiger partial charge is 0.258 e. The number of hydrogen-bond acceptors (Lipinski definition) is 4. The molecule has 0 radical (unpaired) electrons. The van der Waals surface area contributed by atoms with E-state index in [0.29, 0.717) is 17.1 Å². The first-order valence-corrected chi connectivity index (χ1v) is 8.90. The summed E-state index contributed by atoms with van der Waals surface area (Å²) in [6.45, 7) is 6.26. The average molecular weight is 356 g/mol. The Kier molecular flexibility index (Phi) is 6.89. The Morgan fingerprint density at radius 1 is 0.923 bits per heavy atom. The second-order valence-electron chi connectivity index (χ2n) is 6.03. The molecule has 2 aromatic carbocycles. The van der Waals surface area contributed by atoms with Crippen LogP contribution in [0, 0.1) is 0 Å². The fourth-order valence-corrected chi connectivity index (χ4v) is 2.90. The lowest BCUT2D eigenvalue weighted by molar-refractivity contribution is 0.0993. The van der Waals surface area contributed by atoms with Crippen molar-refractivity contribution in [1.29, 1.82) is 0 Å². The molecule has 0 saturated heterocycles. The highest BCUT2D eigenvalue weighted by molar-refractivity contribution is 6.06. The van der Waals surface area contributed by atoms with E-state index >= 15 is 0 Å². The topological polar surface area (TPSA) is 42.0 Å². The summed E-state index contributed by atoms with van der Waals surface area (Å²) in [5.41, 5.74) is 2.54. The van der Waals surface area contributed by atoms with Crippen molar-refractivity contribution in [3.05, 3.63) is 48.0 Å². The molecule has 0 aliphatic carbocycles. The van der Waals surface area contributed by atoms with E-state index in [4.69, 9.17) is 9.47 Å². The minimum atomic E-state index is -0.0673. The van der Waals surface area contributed by atoms with Gasteiger partial charge in [0.1, 0.15) is 0 Å². The Morgan fingerprint density at radius 2 is 1.54 bits per heavy atom. The van der Waals surface area contributed by atoms with Crippen LogP contribution in [0.5, 0.6) is 11.5 Å². The average Bonchev–Trinajstić information content (AvgIpc) is 2.70. The number of anilines is 2. The Balaban J connectivity index is 2.20. The lowest BCUT2D eigenvalue weighted by Gasteiger charge is -2.23. The van der Waals surface area contributed by atoms with Gasteiger partial charge in [-0.05, 0) is 49.7 Å². The quantitative estimate of drug-likeness (QED) is 0.710. The van der Waals surface area contributed by atoms with Crippen molar-refractivity contribution in [2.45, 2.75) is 20.3 Å². The van der Waals surface area contributed by atoms with Crippen LogP contribution in [0.25, 0.3) is 0 Å². The van der Waals surface area contributed by atoms with Gasteiger partial charge in [-0.1, -0.05) is 6.92 Å². The second-order valence-corrected chi connectivity index (χ2v) is 6.03. The van der Waals surface area contributed by atoms with E-state index in [-0.39, 0.29) is 5.91 Å². The number of amides is 1. The number of carbonyl (C=O) groups excluding carboxylic acids is 1. The van der Waals surface area contributed by atoms with Gasteiger partial charge in [-0.15, -0.1) is 0 Å². The molecule has 0 fully saturated rings. The molecule has 0 N–H and O–H groups in total. The molecule has 140 valence electrons. The molecule has 5 nitrogen and oxygen atoms in total. The van der Waals surface area contributed by atoms with Crippen LogP contribution >= 0.6 is 0 Å². The predicted octanol–water partition coefficient (Wildman–Crippen LogP) is 4.22. The van der Waals surface area contributed by atoms with Crippen LogP contribution in [0.1, 0.15) is 30.6 Å². The summed E-state index contributed by atoms with van der Waals surface area (Å²) in [6.07, 6.45) is 1.09. The highest BCUT2D eigenvalue weighted by Crippen LogP contribution is 2.31. The Morgan fingerprint density at radius 3 is 2.08 bits per heavy atom. The summed E-state index contributed by atoms with van der Waals surface area (Å²) in [5, 5.41) is 0. The Bertz CT molecular complexity index is 729. The van der Waals surface area contributed by atoms with Gasteiger partial charge in [-0.2, -0.15) is 0 Å². The van der Waals surface area contributed by atoms with Crippen molar-refractivity contribution >= 4 is 17.3 Å². The monoisotopic (exact) mass is 356 g/mol. The van der Waals surface area contributed by atoms with Gasteiger partial charge < -0.3 is 19.3 Å². The number of hydrogen-bond donors (Lipinski definition) is 0. The zero-order valence-electron chi connectivity index (χ0n) is 16.3. The van der Waals surface area contributed by atoms with Gasteiger partial charge in [-0.25, -0.2) is 0 Å². The second kappa shape index (κ2) is 9.13. The maximum Gasteiger partial charge on any atom is 0.258 e. The maximum absolute atomic E-state index is 12.8. The first kappa shape index (κ1) is 19.6. The lowest BCUT2D eigenvalue weighted by Crippen LogP contribution is -2.26. The van der Waals surface area contributed by atoms with Crippen LogP contribution in [0.4, 0.5) is 11.4 Å². The summed E-state index contributed by atoms with van der Waals surface area (Å²) in [6, 6.07) is 13.2. The van der Waals surface area contributed by atoms with Gasteiger partial charge in [0.2, 0.25) is 0 Å². The highest BCUT2D eigenvalue weighted by Gasteiger charge is 2.16. The number of benzene rings is 2. The van der Waals surface area contributed by atoms with E-state index in [1.807, 2.05) is 30.3 Å². The fraction of sp³-hybridized carbons (Fsp3) is 0.381. The summed E-state index contributed by atoms with van der Waals surface area (Å²) < 4.78 is 10.6. The lowest BCUT2D eigenvalue weighted by atomic mass is 10.1. The van der Waals surface area contributed by atoms with Crippen molar-refractivity contribution in [3.8, 4) is 11.5 Å². The van der Waals surface area contributed by atoms with E-state index in [1.54, 1.807) is 38.3 Å². The zero-order chi connectivity index (χ0) is 19.1. The highest BCUT2D eigenvalue weighted by atomic mass is 16.5. The fourth-order valence-electron chi connectivity index (χ4n) is 2.90. The standard InChI is InChI=1S/C21H28N2O3/c1-6-14-23(7-2)17-10-8-16(9-11-17)21(24)22(3)18-12-13-19(25-4)20(15-18)26-5/h8-13,15H,6-7,14H2,1-5H3. The van der Waals surface area contributed by atoms with E-state index in [2.05, 4.69) is 18.7 Å². The van der Waals surface area contributed by atoms with Crippen molar-refractivity contribution < 1.29 is 14.3 Å². The minimum absolute atomic E-state index is 0.0673. The third-order valence-electron chi connectivity index (χ3n) is 4.41. The predicted molar refractivity (Wildman–Crippen MR) is 107 cm³/mol. The van der Waals surface area contributed by atoms with Crippen LogP contribution < -0.4 is 19.3 Å². The van der Waals surface area contributed by atoms with Gasteiger partial charge >= 0.3 is 0 Å². The third-order valence-corrected chi connectivity index (χ3v) is 4.41. The van der Waals surface area contributed by atoms with Gasteiger partial charge in [0.15, 0.2) is 11.5 Å². The molecule has 0 atom stereocenters. The summed E-state index contributed by atoms with van der Waals surface area (Å²) in [5.74, 6) is 1.16. The Hall–Kier alpha value is -2.69. The summed E-state index contributed by atoms with van der Waals surface area (Å²) in [4.78, 5) is 16.7. The molecule has 1 amide bonds. The molecule has 26 heavy (non-hydrogen) atoms. The molecule has 0 aliphatic heterocycles. The summed E-state index contributed by atoms with van der Waals surface area (Å²) >= 11 is 0. The molecule has 2 rings (SSSR count). The van der Waals surface area contributed by atoms with Crippen molar-refractivity contribution in [2.24, 2.45) is 0 Å². The molecule has 0 spiro atoms. The largest absolute Gasteiger partial charge is 0.493 e. The van der Waals surface area contributed by atoms with E-state index in [0.717, 1.165) is 30.9 Å². The van der Waals surface area contributed by atoms with Crippen LogP contribution in [0.2, 0.25) is 0 Å². The molecule has 0 unspecified atom stereocenters. The molecular formula is C21H28N2O3. The number of methoxy groups -OCH3 is 2. The SMILES string of the molecule is CCCN(CC)c1ccc(C(=O)N(C)c2ccc(OC)c(OC)c2)cc1. The number of nitrogens with zero attached hydrogens (tertiary/aromatic N) is 2. The Labute approximate surface area is 156 Å². The number of ether oxygens (including phenoxy) is 2. The molecule has 0 aromatic heterocycles. The van der Waals surface area contributed by atoms with E-state index in [9.17, 15) is 4.79 Å². The molecule has 2 aromatic rings. The van der Waals surface area contributed by atoms with Crippen LogP contribution in [0.15, 0.2) is 42.5 Å². The molecular weight excluding hydrogens is 328 g/mol. The van der Waals surface area contributed by atoms with E-state index in [1.165, 1.54) is 0 Å². The first-order valence-electron chi connectivity index (χ1n) is 8.90. The first-order chi connectivity index (χ1) is 12.5. The molecule has 0 heterocycles. The van der Waals surface area contributed by atoms with Crippen LogP contribution in [-0.2, 0) is 0 Å².